The first-order valence-corrected chi connectivity index (χ1v) is 13.2. The second-order valence-corrected chi connectivity index (χ2v) is 12.0. The van der Waals surface area contributed by atoms with Gasteiger partial charge in [-0.05, 0) is 0 Å². The molecular formula is C22H32Cl2MnN3. The summed E-state index contributed by atoms with van der Waals surface area (Å²) in [4.78, 5) is 0. The van der Waals surface area contributed by atoms with Gasteiger partial charge in [0.05, 0.1) is 0 Å². The number of hydrogen-bond donors (Lipinski definition) is 2. The van der Waals surface area contributed by atoms with E-state index < -0.39 is 12.3 Å². The quantitative estimate of drug-likeness (QED) is 0.541. The van der Waals surface area contributed by atoms with Gasteiger partial charge in [0.15, 0.2) is 0 Å². The Balaban J connectivity index is 2.23. The molecule has 0 amide bonds. The zero-order valence-electron chi connectivity index (χ0n) is 17.6. The van der Waals surface area contributed by atoms with Gasteiger partial charge in [0, 0.05) is 0 Å². The standard InChI is InChI=1S/C22H32N3.2ClH.Mn/c1-13-7-15(3)21(16(4)8-13)19(23)11-25-12-20(24)22-17(5)9-14(2)10-18(22)6;;;/h7-10,19-20H,11-12,23-24H2,1-6H3;2*1H;/q-1;;;+3/p-2. The third kappa shape index (κ3) is 5.73. The third-order valence-electron chi connectivity index (χ3n) is 5.19. The summed E-state index contributed by atoms with van der Waals surface area (Å²) >= 11 is -1.75. The minimum atomic E-state index is -1.75. The summed E-state index contributed by atoms with van der Waals surface area (Å²) in [6.45, 7) is 13.8. The van der Waals surface area contributed by atoms with E-state index in [9.17, 15) is 0 Å². The Bertz CT molecular complexity index is 727. The van der Waals surface area contributed by atoms with Crippen molar-refractivity contribution >= 4 is 20.2 Å². The van der Waals surface area contributed by atoms with Gasteiger partial charge in [0.25, 0.3) is 0 Å². The van der Waals surface area contributed by atoms with Crippen LogP contribution in [0.1, 0.15) is 56.6 Å². The topological polar surface area (TPSA) is 55.3 Å². The first-order chi connectivity index (χ1) is 13.0. The molecule has 156 valence electrons. The first kappa shape index (κ1) is 23.7. The van der Waals surface area contributed by atoms with Crippen LogP contribution in [-0.2, 0) is 12.3 Å². The maximum atomic E-state index is 6.60. The zero-order chi connectivity index (χ0) is 21.2. The minimum absolute atomic E-state index is 0.161. The molecular weight excluding hydrogens is 432 g/mol. The molecule has 2 aromatic rings. The second kappa shape index (κ2) is 9.95. The van der Waals surface area contributed by atoms with Crippen LogP contribution >= 0.6 is 20.2 Å². The molecule has 28 heavy (non-hydrogen) atoms. The fraction of sp³-hybridized carbons (Fsp3) is 0.455. The number of hydrogen-bond acceptors (Lipinski definition) is 3. The molecule has 0 aliphatic carbocycles. The molecule has 0 aliphatic heterocycles. The van der Waals surface area contributed by atoms with Crippen molar-refractivity contribution in [3.8, 4) is 0 Å². The molecule has 0 bridgehead atoms. The van der Waals surface area contributed by atoms with Gasteiger partial charge in [0.2, 0.25) is 0 Å². The summed E-state index contributed by atoms with van der Waals surface area (Å²) in [7, 11) is 12.8. The molecule has 6 heteroatoms. The number of aryl methyl sites for hydroxylation is 6. The second-order valence-electron chi connectivity index (χ2n) is 7.85. The molecule has 3 nitrogen and oxygen atoms in total. The van der Waals surface area contributed by atoms with Crippen molar-refractivity contribution < 1.29 is 12.3 Å². The van der Waals surface area contributed by atoms with Gasteiger partial charge in [-0.1, -0.05) is 0 Å². The number of nitrogens with two attached hydrogens (primary N) is 2. The predicted molar refractivity (Wildman–Crippen MR) is 118 cm³/mol. The Morgan fingerprint density at radius 1 is 0.714 bits per heavy atom. The maximum absolute atomic E-state index is 6.60. The van der Waals surface area contributed by atoms with Crippen molar-refractivity contribution in [3.05, 3.63) is 68.8 Å². The van der Waals surface area contributed by atoms with Gasteiger partial charge in [-0.15, -0.1) is 0 Å². The predicted octanol–water partition coefficient (Wildman–Crippen LogP) is 5.38. The molecule has 2 atom stereocenters. The van der Waals surface area contributed by atoms with Crippen molar-refractivity contribution in [2.45, 2.75) is 53.6 Å². The van der Waals surface area contributed by atoms with Crippen LogP contribution < -0.4 is 11.5 Å². The number of rotatable bonds is 7. The Morgan fingerprint density at radius 2 is 1.00 bits per heavy atom. The van der Waals surface area contributed by atoms with Gasteiger partial charge in [-0.2, -0.15) is 0 Å². The van der Waals surface area contributed by atoms with Gasteiger partial charge in [0.1, 0.15) is 0 Å². The molecule has 0 aliphatic rings. The number of benzene rings is 2. The van der Waals surface area contributed by atoms with Crippen LogP contribution in [0.4, 0.5) is 0 Å². The monoisotopic (exact) mass is 463 g/mol. The van der Waals surface area contributed by atoms with Gasteiger partial charge < -0.3 is 0 Å². The van der Waals surface area contributed by atoms with Crippen molar-refractivity contribution in [1.82, 2.24) is 3.92 Å². The number of nitrogens with zero attached hydrogens (tertiary/aromatic N) is 1. The van der Waals surface area contributed by atoms with Crippen molar-refractivity contribution in [3.63, 3.8) is 0 Å². The van der Waals surface area contributed by atoms with Crippen molar-refractivity contribution in [1.29, 1.82) is 0 Å². The molecule has 2 aromatic carbocycles. The van der Waals surface area contributed by atoms with Crippen LogP contribution in [0.25, 0.3) is 0 Å². The Hall–Kier alpha value is -0.581. The summed E-state index contributed by atoms with van der Waals surface area (Å²) in [5.41, 5.74) is 22.8. The first-order valence-electron chi connectivity index (χ1n) is 9.46. The molecule has 0 spiro atoms. The fourth-order valence-corrected chi connectivity index (χ4v) is 5.99. The molecule has 2 rings (SSSR count). The van der Waals surface area contributed by atoms with Gasteiger partial charge in [-0.25, -0.2) is 0 Å². The molecule has 0 saturated carbocycles. The van der Waals surface area contributed by atoms with E-state index in [0.29, 0.717) is 13.1 Å². The normalized spacial score (nSPS) is 14.3. The molecule has 4 N–H and O–H groups in total. The van der Waals surface area contributed by atoms with E-state index in [1.165, 1.54) is 44.5 Å². The molecule has 0 aromatic heterocycles. The Morgan fingerprint density at radius 3 is 1.25 bits per heavy atom. The van der Waals surface area contributed by atoms with E-state index >= 15 is 0 Å². The van der Waals surface area contributed by atoms with E-state index in [1.807, 2.05) is 0 Å². The van der Waals surface area contributed by atoms with Crippen LogP contribution in [-0.4, -0.2) is 17.0 Å². The third-order valence-corrected chi connectivity index (χ3v) is 7.67. The van der Waals surface area contributed by atoms with E-state index in [-0.39, 0.29) is 12.1 Å². The van der Waals surface area contributed by atoms with Gasteiger partial charge >= 0.3 is 183 Å². The molecule has 0 saturated heterocycles. The average molecular weight is 464 g/mol. The van der Waals surface area contributed by atoms with E-state index in [2.05, 4.69) is 69.7 Å². The fourth-order valence-electron chi connectivity index (χ4n) is 4.34. The summed E-state index contributed by atoms with van der Waals surface area (Å²) in [6, 6.07) is 8.36. The SMILES string of the molecule is Cc1cc(C)c(C(N)C[N](CC(N)c2c(C)cc(C)cc2C)[Mn]([Cl])[Cl])c(C)c1. The molecule has 0 fully saturated rings. The summed E-state index contributed by atoms with van der Waals surface area (Å²) in [5, 5.41) is 0. The van der Waals surface area contributed by atoms with Crippen LogP contribution in [0.2, 0.25) is 0 Å². The van der Waals surface area contributed by atoms with E-state index in [0.717, 1.165) is 0 Å². The Kier molecular flexibility index (Phi) is 8.42. The zero-order valence-corrected chi connectivity index (χ0v) is 20.3. The average Bonchev–Trinajstić information content (AvgIpc) is 2.51. The summed E-state index contributed by atoms with van der Waals surface area (Å²) < 4.78 is 2.06. The molecule has 0 radical (unpaired) electrons. The van der Waals surface area contributed by atoms with Crippen molar-refractivity contribution in [2.24, 2.45) is 11.5 Å². The summed E-state index contributed by atoms with van der Waals surface area (Å²) in [6.07, 6.45) is 0. The molecule has 0 heterocycles. The van der Waals surface area contributed by atoms with Crippen molar-refractivity contribution in [2.75, 3.05) is 13.1 Å². The van der Waals surface area contributed by atoms with Crippen LogP contribution in [0.5, 0.6) is 0 Å². The Labute approximate surface area is 182 Å². The van der Waals surface area contributed by atoms with Crippen LogP contribution in [0.15, 0.2) is 24.3 Å². The summed E-state index contributed by atoms with van der Waals surface area (Å²) in [5.74, 6) is 0. The molecule has 2 unspecified atom stereocenters. The van der Waals surface area contributed by atoms with Gasteiger partial charge in [-0.3, -0.25) is 0 Å². The van der Waals surface area contributed by atoms with Crippen LogP contribution in [0, 0.1) is 41.5 Å². The van der Waals surface area contributed by atoms with Crippen LogP contribution in [0.3, 0.4) is 0 Å². The van der Waals surface area contributed by atoms with E-state index in [4.69, 9.17) is 31.7 Å². The number of halogens is 2. The van der Waals surface area contributed by atoms with E-state index in [1.54, 1.807) is 0 Å².